The molecule has 1 aromatic carbocycles. The zero-order chi connectivity index (χ0) is 13.1. The van der Waals surface area contributed by atoms with Gasteiger partial charge in [0.1, 0.15) is 0 Å². The first-order chi connectivity index (χ1) is 8.58. The van der Waals surface area contributed by atoms with Crippen molar-refractivity contribution in [2.24, 2.45) is 5.73 Å². The molecule has 0 spiro atoms. The van der Waals surface area contributed by atoms with Crippen LogP contribution < -0.4 is 5.73 Å². The number of para-hydroxylation sites is 1. The maximum absolute atomic E-state index is 11.0. The molecule has 1 atom stereocenters. The SMILES string of the molecule is C[C@H](Sc1nn(-c2ccccc2)c(=S)s1)C(N)=O. The zero-order valence-electron chi connectivity index (χ0n) is 9.57. The highest BCUT2D eigenvalue weighted by atomic mass is 32.2. The Bertz CT molecular complexity index is 605. The first-order valence-electron chi connectivity index (χ1n) is 5.19. The molecule has 0 unspecified atom stereocenters. The van der Waals surface area contributed by atoms with Crippen LogP contribution in [0.4, 0.5) is 0 Å². The first-order valence-corrected chi connectivity index (χ1v) is 7.30. The third kappa shape index (κ3) is 2.98. The van der Waals surface area contributed by atoms with E-state index in [-0.39, 0.29) is 11.2 Å². The monoisotopic (exact) mass is 297 g/mol. The second-order valence-electron chi connectivity index (χ2n) is 3.54. The van der Waals surface area contributed by atoms with Gasteiger partial charge in [0.15, 0.2) is 8.29 Å². The topological polar surface area (TPSA) is 60.9 Å². The molecule has 0 radical (unpaired) electrons. The molecule has 2 N–H and O–H groups in total. The fourth-order valence-electron chi connectivity index (χ4n) is 1.25. The van der Waals surface area contributed by atoms with Gasteiger partial charge >= 0.3 is 0 Å². The van der Waals surface area contributed by atoms with E-state index < -0.39 is 0 Å². The molecule has 2 aromatic rings. The molecule has 0 saturated carbocycles. The third-order valence-corrected chi connectivity index (χ3v) is 4.64. The van der Waals surface area contributed by atoms with Crippen LogP contribution in [0.15, 0.2) is 34.7 Å². The van der Waals surface area contributed by atoms with Crippen LogP contribution in [0.2, 0.25) is 0 Å². The Morgan fingerprint density at radius 2 is 2.17 bits per heavy atom. The van der Waals surface area contributed by atoms with Gasteiger partial charge in [-0.2, -0.15) is 0 Å². The van der Waals surface area contributed by atoms with Crippen molar-refractivity contribution >= 4 is 41.2 Å². The number of hydrogen-bond acceptors (Lipinski definition) is 5. The maximum atomic E-state index is 11.0. The van der Waals surface area contributed by atoms with E-state index in [1.807, 2.05) is 30.3 Å². The summed E-state index contributed by atoms with van der Waals surface area (Å²) in [7, 11) is 0. The van der Waals surface area contributed by atoms with E-state index in [2.05, 4.69) is 5.10 Å². The Balaban J connectivity index is 2.28. The normalized spacial score (nSPS) is 12.3. The summed E-state index contributed by atoms with van der Waals surface area (Å²) in [5, 5.41) is 4.08. The molecule has 18 heavy (non-hydrogen) atoms. The van der Waals surface area contributed by atoms with Crippen LogP contribution in [-0.2, 0) is 4.79 Å². The number of rotatable bonds is 4. The highest BCUT2D eigenvalue weighted by molar-refractivity contribution is 8.02. The van der Waals surface area contributed by atoms with E-state index in [0.717, 1.165) is 10.0 Å². The zero-order valence-corrected chi connectivity index (χ0v) is 12.0. The quantitative estimate of drug-likeness (QED) is 0.696. The summed E-state index contributed by atoms with van der Waals surface area (Å²) in [5.41, 5.74) is 6.14. The molecule has 0 saturated heterocycles. The number of benzene rings is 1. The van der Waals surface area contributed by atoms with Crippen LogP contribution in [0.1, 0.15) is 6.92 Å². The van der Waals surface area contributed by atoms with Gasteiger partial charge in [-0.1, -0.05) is 41.3 Å². The second-order valence-corrected chi connectivity index (χ2v) is 6.75. The molecule has 0 aliphatic heterocycles. The number of carbonyl (C=O) groups excluding carboxylic acids is 1. The maximum Gasteiger partial charge on any atom is 0.230 e. The van der Waals surface area contributed by atoms with E-state index in [0.29, 0.717) is 3.95 Å². The van der Waals surface area contributed by atoms with Crippen LogP contribution in [0.3, 0.4) is 0 Å². The molecule has 0 fully saturated rings. The Morgan fingerprint density at radius 3 is 2.78 bits per heavy atom. The summed E-state index contributed by atoms with van der Waals surface area (Å²) in [4.78, 5) is 11.0. The van der Waals surface area contributed by atoms with E-state index >= 15 is 0 Å². The highest BCUT2D eigenvalue weighted by Gasteiger charge is 2.14. The number of hydrogen-bond donors (Lipinski definition) is 1. The predicted molar refractivity (Wildman–Crippen MR) is 76.8 cm³/mol. The largest absolute Gasteiger partial charge is 0.369 e. The Labute approximate surface area is 118 Å². The van der Waals surface area contributed by atoms with Gasteiger partial charge in [-0.3, -0.25) is 4.79 Å². The molecule has 1 aromatic heterocycles. The molecule has 0 bridgehead atoms. The molecule has 1 amide bonds. The van der Waals surface area contributed by atoms with E-state index in [4.69, 9.17) is 18.0 Å². The van der Waals surface area contributed by atoms with Crippen molar-refractivity contribution in [1.29, 1.82) is 0 Å². The summed E-state index contributed by atoms with van der Waals surface area (Å²) >= 11 is 7.97. The molecule has 0 aliphatic rings. The molecular formula is C11H11N3OS3. The minimum Gasteiger partial charge on any atom is -0.369 e. The van der Waals surface area contributed by atoms with Crippen molar-refractivity contribution in [2.75, 3.05) is 0 Å². The number of nitrogens with zero attached hydrogens (tertiary/aromatic N) is 2. The molecule has 4 nitrogen and oxygen atoms in total. The summed E-state index contributed by atoms with van der Waals surface area (Å²) in [5.74, 6) is -0.354. The molecule has 7 heteroatoms. The number of nitrogens with two attached hydrogens (primary N) is 1. The average molecular weight is 297 g/mol. The number of thioether (sulfide) groups is 1. The number of aromatic nitrogens is 2. The van der Waals surface area contributed by atoms with Gasteiger partial charge in [-0.15, -0.1) is 5.10 Å². The fraction of sp³-hybridized carbons (Fsp3) is 0.182. The lowest BCUT2D eigenvalue weighted by Gasteiger charge is -2.02. The number of carbonyl (C=O) groups is 1. The molecule has 0 aliphatic carbocycles. The Kier molecular flexibility index (Phi) is 4.15. The Morgan fingerprint density at radius 1 is 1.50 bits per heavy atom. The predicted octanol–water partition coefficient (Wildman–Crippen LogP) is 2.63. The summed E-state index contributed by atoms with van der Waals surface area (Å²) in [6.07, 6.45) is 0. The smallest absolute Gasteiger partial charge is 0.230 e. The summed E-state index contributed by atoms with van der Waals surface area (Å²) < 4.78 is 3.09. The van der Waals surface area contributed by atoms with Crippen molar-refractivity contribution < 1.29 is 4.79 Å². The average Bonchev–Trinajstić information content (AvgIpc) is 2.71. The van der Waals surface area contributed by atoms with Crippen molar-refractivity contribution in [2.45, 2.75) is 16.5 Å². The standard InChI is InChI=1S/C11H11N3OS3/c1-7(9(12)15)17-10-13-14(11(16)18-10)8-5-3-2-4-6-8/h2-7H,1H3,(H2,12,15)/t7-/m0/s1. The van der Waals surface area contributed by atoms with Crippen LogP contribution in [0, 0.1) is 3.95 Å². The molecule has 94 valence electrons. The molecule has 2 rings (SSSR count). The van der Waals surface area contributed by atoms with Gasteiger partial charge < -0.3 is 5.73 Å². The minimum atomic E-state index is -0.354. The van der Waals surface area contributed by atoms with Crippen LogP contribution in [-0.4, -0.2) is 20.9 Å². The van der Waals surface area contributed by atoms with Gasteiger partial charge in [0.05, 0.1) is 10.9 Å². The van der Waals surface area contributed by atoms with Gasteiger partial charge in [0.25, 0.3) is 0 Å². The van der Waals surface area contributed by atoms with Crippen molar-refractivity contribution in [3.05, 3.63) is 34.3 Å². The van der Waals surface area contributed by atoms with Crippen molar-refractivity contribution in [3.63, 3.8) is 0 Å². The van der Waals surface area contributed by atoms with E-state index in [9.17, 15) is 4.79 Å². The lowest BCUT2D eigenvalue weighted by molar-refractivity contribution is -0.117. The van der Waals surface area contributed by atoms with E-state index in [1.54, 1.807) is 11.6 Å². The van der Waals surface area contributed by atoms with Gasteiger partial charge in [0.2, 0.25) is 5.91 Å². The molecule has 1 heterocycles. The fourth-order valence-corrected chi connectivity index (χ4v) is 3.71. The first kappa shape index (κ1) is 13.3. The third-order valence-electron chi connectivity index (χ3n) is 2.21. The van der Waals surface area contributed by atoms with Crippen LogP contribution in [0.25, 0.3) is 5.69 Å². The number of amides is 1. The minimum absolute atomic E-state index is 0.310. The van der Waals surface area contributed by atoms with Gasteiger partial charge in [-0.25, -0.2) is 4.68 Å². The lowest BCUT2D eigenvalue weighted by Crippen LogP contribution is -2.22. The lowest BCUT2D eigenvalue weighted by atomic mass is 10.3. The van der Waals surface area contributed by atoms with Gasteiger partial charge in [-0.05, 0) is 31.3 Å². The van der Waals surface area contributed by atoms with Crippen molar-refractivity contribution in [1.82, 2.24) is 9.78 Å². The second kappa shape index (κ2) is 5.64. The van der Waals surface area contributed by atoms with Gasteiger partial charge in [0, 0.05) is 0 Å². The van der Waals surface area contributed by atoms with Crippen LogP contribution in [0.5, 0.6) is 0 Å². The van der Waals surface area contributed by atoms with E-state index in [1.165, 1.54) is 23.1 Å². The number of primary amides is 1. The van der Waals surface area contributed by atoms with Crippen LogP contribution >= 0.6 is 35.3 Å². The summed E-state index contributed by atoms with van der Waals surface area (Å²) in [6, 6.07) is 9.65. The highest BCUT2D eigenvalue weighted by Crippen LogP contribution is 2.27. The Hall–Kier alpha value is -1.18. The van der Waals surface area contributed by atoms with Crippen molar-refractivity contribution in [3.8, 4) is 5.69 Å². The summed E-state index contributed by atoms with van der Waals surface area (Å²) in [6.45, 7) is 1.75. The molecular weight excluding hydrogens is 286 g/mol.